The van der Waals surface area contributed by atoms with Gasteiger partial charge in [-0.15, -0.1) is 0 Å². The van der Waals surface area contributed by atoms with Crippen molar-refractivity contribution in [1.29, 1.82) is 5.26 Å². The van der Waals surface area contributed by atoms with Crippen molar-refractivity contribution in [3.05, 3.63) is 59.7 Å². The topological polar surface area (TPSA) is 74.1 Å². The molecule has 0 aliphatic carbocycles. The summed E-state index contributed by atoms with van der Waals surface area (Å²) >= 11 is 0. The second-order valence-corrected chi connectivity index (χ2v) is 7.21. The summed E-state index contributed by atoms with van der Waals surface area (Å²) < 4.78 is 92.5. The molecule has 0 saturated carbocycles. The van der Waals surface area contributed by atoms with Gasteiger partial charge in [-0.1, -0.05) is 12.1 Å². The molecule has 11 heteroatoms. The number of nitrogens with zero attached hydrogens (tertiary/aromatic N) is 3. The van der Waals surface area contributed by atoms with Crippen LogP contribution in [0.15, 0.2) is 47.6 Å². The van der Waals surface area contributed by atoms with Crippen molar-refractivity contribution >= 4 is 10.0 Å². The fourth-order valence-corrected chi connectivity index (χ4v) is 3.96. The summed E-state index contributed by atoms with van der Waals surface area (Å²) in [6, 6.07) is 2.75. The summed E-state index contributed by atoms with van der Waals surface area (Å²) in [6.07, 6.45) is -3.32. The zero-order valence-corrected chi connectivity index (χ0v) is 14.3. The maximum absolute atomic E-state index is 13.7. The second-order valence-electron chi connectivity index (χ2n) is 5.32. The minimum Gasteiger partial charge on any atom is -0.262 e. The van der Waals surface area contributed by atoms with Crippen molar-refractivity contribution < 1.29 is 30.4 Å². The molecular weight excluding hydrogens is 393 g/mol. The SMILES string of the molecule is N#Cc1cncc(S(=O)(=O)N(CCF)[C@@H](c2ccc(F)cc2)C(F)(F)F)c1. The number of pyridine rings is 1. The largest absolute Gasteiger partial charge is 0.409 e. The number of hydrogen-bond donors (Lipinski definition) is 0. The molecule has 0 bridgehead atoms. The molecule has 0 aliphatic heterocycles. The third kappa shape index (κ3) is 4.58. The molecule has 2 rings (SSSR count). The van der Waals surface area contributed by atoms with Gasteiger partial charge in [-0.2, -0.15) is 22.7 Å². The molecule has 0 spiro atoms. The first-order valence-corrected chi connectivity index (χ1v) is 8.80. The van der Waals surface area contributed by atoms with E-state index in [1.165, 1.54) is 0 Å². The fourth-order valence-electron chi connectivity index (χ4n) is 2.39. The molecule has 1 atom stereocenters. The summed E-state index contributed by atoms with van der Waals surface area (Å²) in [6.45, 7) is -2.49. The van der Waals surface area contributed by atoms with Gasteiger partial charge in [0.05, 0.1) is 5.56 Å². The summed E-state index contributed by atoms with van der Waals surface area (Å²) in [7, 11) is -4.87. The lowest BCUT2D eigenvalue weighted by Gasteiger charge is -2.32. The molecule has 0 fully saturated rings. The smallest absolute Gasteiger partial charge is 0.262 e. The highest BCUT2D eigenvalue weighted by atomic mass is 32.2. The highest BCUT2D eigenvalue weighted by Gasteiger charge is 2.49. The molecule has 0 unspecified atom stereocenters. The van der Waals surface area contributed by atoms with Crippen molar-refractivity contribution in [3.8, 4) is 6.07 Å². The van der Waals surface area contributed by atoms with E-state index in [1.54, 1.807) is 6.07 Å². The molecule has 0 amide bonds. The summed E-state index contributed by atoms with van der Waals surface area (Å²) in [5.41, 5.74) is -0.771. The Balaban J connectivity index is 2.63. The number of nitriles is 1. The Hall–Kier alpha value is -2.58. The van der Waals surface area contributed by atoms with Crippen LogP contribution >= 0.6 is 0 Å². The molecular formula is C16H12F5N3O2S. The molecule has 2 aromatic rings. The molecule has 1 aromatic heterocycles. The zero-order valence-electron chi connectivity index (χ0n) is 13.5. The van der Waals surface area contributed by atoms with Crippen LogP contribution < -0.4 is 0 Å². The van der Waals surface area contributed by atoms with Crippen LogP contribution in [0.3, 0.4) is 0 Å². The lowest BCUT2D eigenvalue weighted by atomic mass is 10.1. The van der Waals surface area contributed by atoms with Gasteiger partial charge in [0.2, 0.25) is 10.0 Å². The number of halogens is 5. The Morgan fingerprint density at radius 3 is 2.33 bits per heavy atom. The number of hydrogen-bond acceptors (Lipinski definition) is 4. The van der Waals surface area contributed by atoms with E-state index in [-0.39, 0.29) is 9.87 Å². The average molecular weight is 405 g/mol. The molecule has 1 aromatic carbocycles. The van der Waals surface area contributed by atoms with Crippen LogP contribution in [0.5, 0.6) is 0 Å². The summed E-state index contributed by atoms with van der Waals surface area (Å²) in [5.74, 6) is -0.814. The van der Waals surface area contributed by atoms with Crippen LogP contribution in [-0.4, -0.2) is 37.1 Å². The Labute approximate surface area is 151 Å². The first-order chi connectivity index (χ1) is 12.6. The normalized spacial score (nSPS) is 13.4. The molecule has 27 heavy (non-hydrogen) atoms. The minimum absolute atomic E-state index is 0.0710. The van der Waals surface area contributed by atoms with E-state index in [1.807, 2.05) is 0 Å². The Bertz CT molecular complexity index is 940. The third-order valence-electron chi connectivity index (χ3n) is 3.54. The van der Waals surface area contributed by atoms with Crippen LogP contribution in [0.4, 0.5) is 22.0 Å². The van der Waals surface area contributed by atoms with E-state index in [2.05, 4.69) is 4.98 Å². The predicted octanol–water partition coefficient (Wildman–Crippen LogP) is 3.36. The number of aromatic nitrogens is 1. The van der Waals surface area contributed by atoms with E-state index >= 15 is 0 Å². The Kier molecular flexibility index (Phi) is 6.12. The summed E-state index contributed by atoms with van der Waals surface area (Å²) in [5, 5.41) is 8.84. The maximum atomic E-state index is 13.7. The van der Waals surface area contributed by atoms with Gasteiger partial charge in [0.1, 0.15) is 29.5 Å². The zero-order chi connectivity index (χ0) is 20.2. The van der Waals surface area contributed by atoms with Crippen LogP contribution in [-0.2, 0) is 10.0 Å². The second kappa shape index (κ2) is 7.98. The standard InChI is InChI=1S/C16H12F5N3O2S/c17-5-6-24(27(25,26)14-7-11(8-22)9-23-10-14)15(16(19,20)21)12-1-3-13(18)4-2-12/h1-4,7,9-10,15H,5-6H2/t15-/m0/s1. The first kappa shape index (κ1) is 20.7. The molecule has 0 saturated heterocycles. The van der Waals surface area contributed by atoms with Crippen molar-refractivity contribution in [2.75, 3.05) is 13.2 Å². The lowest BCUT2D eigenvalue weighted by Crippen LogP contribution is -2.43. The van der Waals surface area contributed by atoms with Crippen LogP contribution in [0.25, 0.3) is 0 Å². The number of alkyl halides is 4. The minimum atomic E-state index is -5.11. The molecule has 0 aliphatic rings. The Morgan fingerprint density at radius 2 is 1.81 bits per heavy atom. The van der Waals surface area contributed by atoms with Gasteiger partial charge < -0.3 is 0 Å². The number of benzene rings is 1. The molecule has 1 heterocycles. The first-order valence-electron chi connectivity index (χ1n) is 7.36. The van der Waals surface area contributed by atoms with Crippen molar-refractivity contribution in [1.82, 2.24) is 9.29 Å². The highest BCUT2D eigenvalue weighted by molar-refractivity contribution is 7.89. The van der Waals surface area contributed by atoms with Crippen molar-refractivity contribution in [3.63, 3.8) is 0 Å². The quantitative estimate of drug-likeness (QED) is 0.691. The van der Waals surface area contributed by atoms with E-state index in [0.717, 1.165) is 42.7 Å². The van der Waals surface area contributed by atoms with Gasteiger partial charge in [0, 0.05) is 18.9 Å². The predicted molar refractivity (Wildman–Crippen MR) is 84.0 cm³/mol. The molecule has 144 valence electrons. The van der Waals surface area contributed by atoms with E-state index in [9.17, 15) is 30.4 Å². The van der Waals surface area contributed by atoms with Crippen LogP contribution in [0, 0.1) is 17.1 Å². The number of sulfonamides is 1. The third-order valence-corrected chi connectivity index (χ3v) is 5.37. The van der Waals surface area contributed by atoms with E-state index < -0.39 is 51.7 Å². The van der Waals surface area contributed by atoms with Gasteiger partial charge in [-0.05, 0) is 23.8 Å². The van der Waals surface area contributed by atoms with Gasteiger partial charge in [0.15, 0.2) is 0 Å². The maximum Gasteiger partial charge on any atom is 0.409 e. The van der Waals surface area contributed by atoms with Gasteiger partial charge in [-0.3, -0.25) is 4.98 Å². The summed E-state index contributed by atoms with van der Waals surface area (Å²) in [4.78, 5) is 2.83. The van der Waals surface area contributed by atoms with Gasteiger partial charge >= 0.3 is 6.18 Å². The monoisotopic (exact) mass is 405 g/mol. The van der Waals surface area contributed by atoms with Crippen molar-refractivity contribution in [2.45, 2.75) is 17.1 Å². The van der Waals surface area contributed by atoms with Crippen LogP contribution in [0.1, 0.15) is 17.2 Å². The highest BCUT2D eigenvalue weighted by Crippen LogP contribution is 2.40. The Morgan fingerprint density at radius 1 is 1.19 bits per heavy atom. The molecule has 5 nitrogen and oxygen atoms in total. The average Bonchev–Trinajstić information content (AvgIpc) is 2.62. The van der Waals surface area contributed by atoms with E-state index in [0.29, 0.717) is 0 Å². The fraction of sp³-hybridized carbons (Fsp3) is 0.250. The van der Waals surface area contributed by atoms with Crippen molar-refractivity contribution in [2.24, 2.45) is 0 Å². The van der Waals surface area contributed by atoms with Crippen LogP contribution in [0.2, 0.25) is 0 Å². The lowest BCUT2D eigenvalue weighted by molar-refractivity contribution is -0.174. The molecule has 0 N–H and O–H groups in total. The van der Waals surface area contributed by atoms with Gasteiger partial charge in [0.25, 0.3) is 0 Å². The van der Waals surface area contributed by atoms with E-state index in [4.69, 9.17) is 5.26 Å². The molecule has 0 radical (unpaired) electrons. The number of rotatable bonds is 6. The van der Waals surface area contributed by atoms with Gasteiger partial charge in [-0.25, -0.2) is 17.2 Å².